The van der Waals surface area contributed by atoms with E-state index in [-0.39, 0.29) is 12.0 Å². The highest BCUT2D eigenvalue weighted by Gasteiger charge is 2.30. The number of rotatable bonds is 2. The minimum absolute atomic E-state index is 0.140. The van der Waals surface area contributed by atoms with Gasteiger partial charge in [-0.05, 0) is 25.1 Å². The van der Waals surface area contributed by atoms with Crippen molar-refractivity contribution in [3.8, 4) is 16.6 Å². The van der Waals surface area contributed by atoms with E-state index in [4.69, 9.17) is 16.3 Å². The number of hydrogen-bond acceptors (Lipinski definition) is 6. The topological polar surface area (TPSA) is 68.2 Å². The third-order valence-corrected chi connectivity index (χ3v) is 4.99. The summed E-state index contributed by atoms with van der Waals surface area (Å²) in [6, 6.07) is 7.11. The first-order valence-electron chi connectivity index (χ1n) is 7.63. The normalized spacial score (nSPS) is 16.2. The summed E-state index contributed by atoms with van der Waals surface area (Å²) < 4.78 is 5.80. The number of amides is 1. The molecule has 1 atom stereocenters. The van der Waals surface area contributed by atoms with Crippen molar-refractivity contribution < 1.29 is 9.53 Å². The van der Waals surface area contributed by atoms with Gasteiger partial charge in [-0.1, -0.05) is 17.7 Å². The number of aromatic nitrogens is 3. The number of ether oxygens (including phenoxy) is 1. The molecular formula is C17H13ClN4O2S. The minimum atomic E-state index is -0.152. The molecule has 6 nitrogen and oxygen atoms in total. The summed E-state index contributed by atoms with van der Waals surface area (Å²) in [5.74, 6) is 0.899. The third kappa shape index (κ3) is 2.96. The second-order valence-corrected chi connectivity index (χ2v) is 6.97. The van der Waals surface area contributed by atoms with E-state index in [1.165, 1.54) is 11.3 Å². The molecule has 1 aliphatic rings. The summed E-state index contributed by atoms with van der Waals surface area (Å²) in [7, 11) is 0. The number of halogens is 1. The summed E-state index contributed by atoms with van der Waals surface area (Å²) in [5.41, 5.74) is 0.668. The van der Waals surface area contributed by atoms with Crippen LogP contribution in [0.2, 0.25) is 5.02 Å². The predicted molar refractivity (Wildman–Crippen MR) is 96.4 cm³/mol. The summed E-state index contributed by atoms with van der Waals surface area (Å²) in [6.45, 7) is 2.35. The number of para-hydroxylation sites is 1. The Bertz CT molecular complexity index is 931. The van der Waals surface area contributed by atoms with Crippen LogP contribution in [0.25, 0.3) is 10.8 Å². The first kappa shape index (κ1) is 16.0. The molecule has 0 saturated heterocycles. The Balaban J connectivity index is 1.68. The maximum atomic E-state index is 13.0. The van der Waals surface area contributed by atoms with Crippen LogP contribution in [0.1, 0.15) is 16.6 Å². The maximum Gasteiger partial charge on any atom is 0.270 e. The molecule has 0 N–H and O–H groups in total. The van der Waals surface area contributed by atoms with Crippen molar-refractivity contribution in [2.24, 2.45) is 0 Å². The van der Waals surface area contributed by atoms with Crippen LogP contribution in [-0.2, 0) is 0 Å². The van der Waals surface area contributed by atoms with E-state index in [2.05, 4.69) is 15.0 Å². The molecule has 4 rings (SSSR count). The van der Waals surface area contributed by atoms with Crippen molar-refractivity contribution in [1.82, 2.24) is 15.0 Å². The lowest BCUT2D eigenvalue weighted by Gasteiger charge is -2.33. The largest absolute Gasteiger partial charge is 0.485 e. The monoisotopic (exact) mass is 372 g/mol. The zero-order valence-corrected chi connectivity index (χ0v) is 14.8. The molecule has 0 aliphatic carbocycles. The molecule has 2 aromatic heterocycles. The Morgan fingerprint density at radius 3 is 2.88 bits per heavy atom. The smallest absolute Gasteiger partial charge is 0.270 e. The number of nitrogens with zero attached hydrogens (tertiary/aromatic N) is 4. The van der Waals surface area contributed by atoms with E-state index >= 15 is 0 Å². The van der Waals surface area contributed by atoms with Gasteiger partial charge in [-0.2, -0.15) is 0 Å². The van der Waals surface area contributed by atoms with Crippen LogP contribution in [0.15, 0.2) is 42.9 Å². The highest BCUT2D eigenvalue weighted by atomic mass is 35.5. The molecule has 1 aliphatic heterocycles. The van der Waals surface area contributed by atoms with Gasteiger partial charge in [-0.3, -0.25) is 4.79 Å². The number of carbonyl (C=O) groups is 1. The maximum absolute atomic E-state index is 13.0. The molecule has 1 amide bonds. The first-order chi connectivity index (χ1) is 12.1. The van der Waals surface area contributed by atoms with Gasteiger partial charge in [0.2, 0.25) is 0 Å². The van der Waals surface area contributed by atoms with Crippen molar-refractivity contribution in [2.45, 2.75) is 13.0 Å². The van der Waals surface area contributed by atoms with Crippen LogP contribution in [0.4, 0.5) is 5.69 Å². The van der Waals surface area contributed by atoms with Crippen LogP contribution in [0.3, 0.4) is 0 Å². The van der Waals surface area contributed by atoms with Crippen molar-refractivity contribution in [3.63, 3.8) is 0 Å². The van der Waals surface area contributed by atoms with Crippen molar-refractivity contribution in [2.75, 3.05) is 11.4 Å². The summed E-state index contributed by atoms with van der Waals surface area (Å²) in [5, 5.41) is 1.10. The number of benzene rings is 1. The molecule has 0 bridgehead atoms. The number of hydrogen-bond donors (Lipinski definition) is 0. The molecule has 1 aromatic carbocycles. The lowest BCUT2D eigenvalue weighted by atomic mass is 10.2. The quantitative estimate of drug-likeness (QED) is 0.686. The third-order valence-electron chi connectivity index (χ3n) is 3.71. The molecular weight excluding hydrogens is 360 g/mol. The summed E-state index contributed by atoms with van der Waals surface area (Å²) in [6.07, 6.45) is 4.70. The van der Waals surface area contributed by atoms with E-state index in [1.54, 1.807) is 41.7 Å². The van der Waals surface area contributed by atoms with Crippen LogP contribution >= 0.6 is 22.9 Å². The number of fused-ring (bicyclic) bond motifs is 1. The molecule has 126 valence electrons. The Kier molecular flexibility index (Phi) is 4.10. The average molecular weight is 373 g/mol. The van der Waals surface area contributed by atoms with Gasteiger partial charge in [0.1, 0.15) is 11.0 Å². The second-order valence-electron chi connectivity index (χ2n) is 5.53. The Hall–Kier alpha value is -2.51. The van der Waals surface area contributed by atoms with Gasteiger partial charge in [0, 0.05) is 12.4 Å². The molecule has 1 unspecified atom stereocenters. The van der Waals surface area contributed by atoms with Gasteiger partial charge in [0.15, 0.2) is 16.6 Å². The van der Waals surface area contributed by atoms with Crippen molar-refractivity contribution >= 4 is 34.5 Å². The fraction of sp³-hybridized carbons (Fsp3) is 0.176. The first-order valence-corrected chi connectivity index (χ1v) is 8.83. The molecule has 3 heterocycles. The summed E-state index contributed by atoms with van der Waals surface area (Å²) in [4.78, 5) is 27.8. The average Bonchev–Trinajstić information content (AvgIpc) is 3.12. The van der Waals surface area contributed by atoms with Crippen molar-refractivity contribution in [3.05, 3.63) is 52.8 Å². The molecule has 8 heteroatoms. The highest BCUT2D eigenvalue weighted by Crippen LogP contribution is 2.40. The zero-order valence-electron chi connectivity index (χ0n) is 13.2. The van der Waals surface area contributed by atoms with E-state index < -0.39 is 0 Å². The van der Waals surface area contributed by atoms with Crippen LogP contribution in [0.5, 0.6) is 5.75 Å². The van der Waals surface area contributed by atoms with Gasteiger partial charge in [0.05, 0.1) is 23.5 Å². The number of carbonyl (C=O) groups excluding carboxylic acids is 1. The van der Waals surface area contributed by atoms with Crippen molar-refractivity contribution in [1.29, 1.82) is 0 Å². The lowest BCUT2D eigenvalue weighted by molar-refractivity contribution is 0.0965. The van der Waals surface area contributed by atoms with E-state index in [1.807, 2.05) is 13.0 Å². The Morgan fingerprint density at radius 1 is 1.28 bits per heavy atom. The highest BCUT2D eigenvalue weighted by molar-refractivity contribution is 7.17. The Labute approximate surface area is 153 Å². The fourth-order valence-electron chi connectivity index (χ4n) is 2.63. The van der Waals surface area contributed by atoms with Crippen LogP contribution in [-0.4, -0.2) is 33.5 Å². The zero-order chi connectivity index (χ0) is 17.4. The Morgan fingerprint density at radius 2 is 2.08 bits per heavy atom. The lowest BCUT2D eigenvalue weighted by Crippen LogP contribution is -2.42. The van der Waals surface area contributed by atoms with Gasteiger partial charge < -0.3 is 9.64 Å². The van der Waals surface area contributed by atoms with Crippen LogP contribution in [0, 0.1) is 0 Å². The van der Waals surface area contributed by atoms with Gasteiger partial charge in [-0.25, -0.2) is 15.0 Å². The predicted octanol–water partition coefficient (Wildman–Crippen LogP) is 3.68. The van der Waals surface area contributed by atoms with E-state index in [0.29, 0.717) is 38.7 Å². The molecule has 0 fully saturated rings. The molecule has 0 radical (unpaired) electrons. The molecule has 0 spiro atoms. The molecule has 0 saturated carbocycles. The minimum Gasteiger partial charge on any atom is -0.485 e. The molecule has 3 aromatic rings. The second kappa shape index (κ2) is 6.42. The molecule has 25 heavy (non-hydrogen) atoms. The van der Waals surface area contributed by atoms with E-state index in [0.717, 1.165) is 0 Å². The SMILES string of the molecule is CC1CN(C(=O)c2cnc(-c3ncccn3)s2)c2cccc(Cl)c2O1. The standard InChI is InChI=1S/C17H13ClN4O2S/c1-10-9-22(12-5-2-4-11(18)14(12)24-10)17(23)13-8-21-16(25-13)15-19-6-3-7-20-15/h2-8,10H,9H2,1H3. The van der Waals surface area contributed by atoms with Gasteiger partial charge in [-0.15, -0.1) is 11.3 Å². The fourth-order valence-corrected chi connectivity index (χ4v) is 3.66. The number of anilines is 1. The summed E-state index contributed by atoms with van der Waals surface area (Å²) >= 11 is 7.49. The number of thiazole rings is 1. The van der Waals surface area contributed by atoms with Crippen LogP contribution < -0.4 is 9.64 Å². The van der Waals surface area contributed by atoms with Gasteiger partial charge in [0.25, 0.3) is 5.91 Å². The van der Waals surface area contributed by atoms with E-state index in [9.17, 15) is 4.79 Å². The van der Waals surface area contributed by atoms with Gasteiger partial charge >= 0.3 is 0 Å².